The summed E-state index contributed by atoms with van der Waals surface area (Å²) in [5, 5.41) is 2.98. The van der Waals surface area contributed by atoms with Crippen molar-refractivity contribution in [3.8, 4) is 0 Å². The van der Waals surface area contributed by atoms with Crippen molar-refractivity contribution < 1.29 is 4.79 Å². The van der Waals surface area contributed by atoms with E-state index >= 15 is 0 Å². The maximum Gasteiger partial charge on any atom is 0.274 e. The molecule has 0 saturated carbocycles. The molecule has 0 spiro atoms. The third kappa shape index (κ3) is 4.27. The van der Waals surface area contributed by atoms with Gasteiger partial charge in [0.25, 0.3) is 5.91 Å². The quantitative estimate of drug-likeness (QED) is 0.600. The molecule has 2 aromatic heterocycles. The van der Waals surface area contributed by atoms with Crippen LogP contribution in [-0.2, 0) is 6.54 Å². The number of carbonyl (C=O) groups is 1. The van der Waals surface area contributed by atoms with Crippen LogP contribution in [0.4, 0.5) is 0 Å². The normalized spacial score (nSPS) is 16.2. The van der Waals surface area contributed by atoms with Crippen molar-refractivity contribution in [2.24, 2.45) is 0 Å². The van der Waals surface area contributed by atoms with Crippen molar-refractivity contribution in [1.29, 1.82) is 0 Å². The second-order valence-corrected chi connectivity index (χ2v) is 7.77. The summed E-state index contributed by atoms with van der Waals surface area (Å²) in [6.07, 6.45) is 4.34. The number of aromatic nitrogens is 2. The average molecular weight is 383 g/mol. The first-order valence-electron chi connectivity index (χ1n) is 7.78. The molecular weight excluding hydrogens is 364 g/mol. The van der Waals surface area contributed by atoms with Gasteiger partial charge >= 0.3 is 0 Å². The first kappa shape index (κ1) is 17.7. The summed E-state index contributed by atoms with van der Waals surface area (Å²) in [5.74, 6) is -0.101. The molecule has 0 unspecified atom stereocenters. The number of thioether (sulfide) groups is 1. The van der Waals surface area contributed by atoms with Gasteiger partial charge in [-0.2, -0.15) is 0 Å². The third-order valence-electron chi connectivity index (χ3n) is 3.94. The third-order valence-corrected chi connectivity index (χ3v) is 5.64. The predicted molar refractivity (Wildman–Crippen MR) is 98.9 cm³/mol. The van der Waals surface area contributed by atoms with Gasteiger partial charge in [0.05, 0.1) is 11.2 Å². The largest absolute Gasteiger partial charge is 0.336 e. The molecule has 1 fully saturated rings. The molecule has 2 aromatic rings. The van der Waals surface area contributed by atoms with Crippen molar-refractivity contribution in [3.05, 3.63) is 39.3 Å². The fourth-order valence-corrected chi connectivity index (χ4v) is 3.96. The van der Waals surface area contributed by atoms with Gasteiger partial charge < -0.3 is 4.90 Å². The second kappa shape index (κ2) is 8.29. The lowest BCUT2D eigenvalue weighted by Gasteiger charge is -2.21. The molecule has 3 heterocycles. The summed E-state index contributed by atoms with van der Waals surface area (Å²) >= 11 is 9.32. The van der Waals surface area contributed by atoms with Crippen molar-refractivity contribution in [2.45, 2.75) is 18.1 Å². The molecule has 24 heavy (non-hydrogen) atoms. The van der Waals surface area contributed by atoms with Crippen LogP contribution in [0, 0.1) is 0 Å². The SMILES string of the molecule is CSc1ncc(Cl)c(C(=O)N2CCCN(Cc3cccs3)CC2)n1. The highest BCUT2D eigenvalue weighted by Crippen LogP contribution is 2.20. The summed E-state index contributed by atoms with van der Waals surface area (Å²) in [4.78, 5) is 26.8. The van der Waals surface area contributed by atoms with E-state index in [1.165, 1.54) is 22.8 Å². The minimum Gasteiger partial charge on any atom is -0.336 e. The van der Waals surface area contributed by atoms with Crippen LogP contribution in [-0.4, -0.2) is 58.1 Å². The molecule has 1 aliphatic heterocycles. The minimum atomic E-state index is -0.101. The van der Waals surface area contributed by atoms with Crippen molar-refractivity contribution in [2.75, 3.05) is 32.4 Å². The number of nitrogens with zero attached hydrogens (tertiary/aromatic N) is 4. The van der Waals surface area contributed by atoms with E-state index in [1.54, 1.807) is 11.3 Å². The van der Waals surface area contributed by atoms with Gasteiger partial charge in [0, 0.05) is 37.6 Å². The molecule has 0 aromatic carbocycles. The minimum absolute atomic E-state index is 0.101. The second-order valence-electron chi connectivity index (χ2n) is 5.55. The number of hydrogen-bond donors (Lipinski definition) is 0. The lowest BCUT2D eigenvalue weighted by molar-refractivity contribution is 0.0754. The Labute approximate surface area is 155 Å². The zero-order valence-corrected chi connectivity index (χ0v) is 15.8. The van der Waals surface area contributed by atoms with Crippen LogP contribution in [0.25, 0.3) is 0 Å². The van der Waals surface area contributed by atoms with Gasteiger partial charge in [-0.3, -0.25) is 9.69 Å². The molecule has 1 saturated heterocycles. The highest BCUT2D eigenvalue weighted by molar-refractivity contribution is 7.98. The maximum absolute atomic E-state index is 12.8. The van der Waals surface area contributed by atoms with E-state index in [4.69, 9.17) is 11.6 Å². The topological polar surface area (TPSA) is 49.3 Å². The number of thiophene rings is 1. The van der Waals surface area contributed by atoms with Gasteiger partial charge in [-0.15, -0.1) is 11.3 Å². The zero-order chi connectivity index (χ0) is 16.9. The molecule has 128 valence electrons. The predicted octanol–water partition coefficient (Wildman–Crippen LogP) is 3.26. The summed E-state index contributed by atoms with van der Waals surface area (Å²) in [6.45, 7) is 4.23. The van der Waals surface area contributed by atoms with Gasteiger partial charge in [0.1, 0.15) is 0 Å². The molecule has 0 atom stereocenters. The Morgan fingerprint density at radius 3 is 3.00 bits per heavy atom. The van der Waals surface area contributed by atoms with Crippen molar-refractivity contribution >= 4 is 40.6 Å². The average Bonchev–Trinajstić information content (AvgIpc) is 2.99. The van der Waals surface area contributed by atoms with E-state index in [1.807, 2.05) is 11.2 Å². The molecule has 8 heteroatoms. The van der Waals surface area contributed by atoms with Crippen LogP contribution in [0.2, 0.25) is 5.02 Å². The number of rotatable bonds is 4. The molecule has 5 nitrogen and oxygen atoms in total. The van der Waals surface area contributed by atoms with E-state index < -0.39 is 0 Å². The van der Waals surface area contributed by atoms with Gasteiger partial charge in [-0.25, -0.2) is 9.97 Å². The van der Waals surface area contributed by atoms with Gasteiger partial charge in [0.2, 0.25) is 0 Å². The molecule has 0 bridgehead atoms. The molecule has 1 aliphatic rings. The van der Waals surface area contributed by atoms with Crippen LogP contribution < -0.4 is 0 Å². The standard InChI is InChI=1S/C16H19ClN4OS2/c1-23-16-18-10-13(17)14(19-16)15(22)21-6-3-5-20(7-8-21)11-12-4-2-9-24-12/h2,4,9-10H,3,5-8,11H2,1H3. The summed E-state index contributed by atoms with van der Waals surface area (Å²) in [5.41, 5.74) is 0.308. The monoisotopic (exact) mass is 382 g/mol. The first-order valence-corrected chi connectivity index (χ1v) is 10.3. The molecule has 0 radical (unpaired) electrons. The lowest BCUT2D eigenvalue weighted by atomic mass is 10.3. The fourth-order valence-electron chi connectivity index (χ4n) is 2.70. The summed E-state index contributed by atoms with van der Waals surface area (Å²) in [6, 6.07) is 4.23. The van der Waals surface area contributed by atoms with Crippen LogP contribution in [0.1, 0.15) is 21.8 Å². The molecule has 0 N–H and O–H groups in total. The Bertz CT molecular complexity index is 695. The Morgan fingerprint density at radius 1 is 1.38 bits per heavy atom. The fraction of sp³-hybridized carbons (Fsp3) is 0.438. The Balaban J connectivity index is 1.66. The van der Waals surface area contributed by atoms with Crippen molar-refractivity contribution in [3.63, 3.8) is 0 Å². The maximum atomic E-state index is 12.8. The summed E-state index contributed by atoms with van der Waals surface area (Å²) in [7, 11) is 0. The lowest BCUT2D eigenvalue weighted by Crippen LogP contribution is -2.35. The Kier molecular flexibility index (Phi) is 6.10. The van der Waals surface area contributed by atoms with E-state index in [2.05, 4.69) is 32.4 Å². The van der Waals surface area contributed by atoms with Crippen LogP contribution >= 0.6 is 34.7 Å². The van der Waals surface area contributed by atoms with Gasteiger partial charge in [0.15, 0.2) is 10.9 Å². The Hall–Kier alpha value is -1.15. The number of halogens is 1. The first-order chi connectivity index (χ1) is 11.7. The highest BCUT2D eigenvalue weighted by atomic mass is 35.5. The van der Waals surface area contributed by atoms with Gasteiger partial charge in [-0.1, -0.05) is 29.4 Å². The molecule has 1 amide bonds. The van der Waals surface area contributed by atoms with Crippen LogP contribution in [0.3, 0.4) is 0 Å². The zero-order valence-electron chi connectivity index (χ0n) is 13.4. The van der Waals surface area contributed by atoms with Crippen molar-refractivity contribution in [1.82, 2.24) is 19.8 Å². The van der Waals surface area contributed by atoms with Gasteiger partial charge in [-0.05, 0) is 24.1 Å². The van der Waals surface area contributed by atoms with Crippen LogP contribution in [0.15, 0.2) is 28.9 Å². The van der Waals surface area contributed by atoms with E-state index in [-0.39, 0.29) is 5.91 Å². The highest BCUT2D eigenvalue weighted by Gasteiger charge is 2.23. The van der Waals surface area contributed by atoms with Crippen LogP contribution in [0.5, 0.6) is 0 Å². The van der Waals surface area contributed by atoms with E-state index in [0.717, 1.165) is 32.6 Å². The molecule has 3 rings (SSSR count). The molecular formula is C16H19ClN4OS2. The molecule has 0 aliphatic carbocycles. The smallest absolute Gasteiger partial charge is 0.274 e. The number of carbonyl (C=O) groups excluding carboxylic acids is 1. The Morgan fingerprint density at radius 2 is 2.25 bits per heavy atom. The summed E-state index contributed by atoms with van der Waals surface area (Å²) < 4.78 is 0. The number of hydrogen-bond acceptors (Lipinski definition) is 6. The van der Waals surface area contributed by atoms with E-state index in [0.29, 0.717) is 22.4 Å². The van der Waals surface area contributed by atoms with E-state index in [9.17, 15) is 4.79 Å². The number of amides is 1.